The number of fused-ring (bicyclic) bond motifs is 1. The highest BCUT2D eigenvalue weighted by atomic mass is 15.2. The van der Waals surface area contributed by atoms with Crippen LogP contribution in [0.4, 0.5) is 5.69 Å². The van der Waals surface area contributed by atoms with Crippen LogP contribution >= 0.6 is 0 Å². The van der Waals surface area contributed by atoms with Gasteiger partial charge < -0.3 is 5.73 Å². The lowest BCUT2D eigenvalue weighted by molar-refractivity contribution is 0.974. The fraction of sp³-hybridized carbons (Fsp3) is 0.455. The summed E-state index contributed by atoms with van der Waals surface area (Å²) in [5.74, 6) is 0.661. The molecule has 3 rings (SSSR count). The van der Waals surface area contributed by atoms with Gasteiger partial charge in [0.05, 0.1) is 11.9 Å². The SMILES string of the molecule is CC.Nc1cnc2n[nH]c(C3CC3)c2c1. The number of hydrogen-bond acceptors (Lipinski definition) is 3. The maximum Gasteiger partial charge on any atom is 0.181 e. The zero-order valence-corrected chi connectivity index (χ0v) is 9.12. The molecule has 0 bridgehead atoms. The van der Waals surface area contributed by atoms with E-state index >= 15 is 0 Å². The maximum atomic E-state index is 5.67. The minimum Gasteiger partial charge on any atom is -0.397 e. The highest BCUT2D eigenvalue weighted by Gasteiger charge is 2.27. The molecule has 0 unspecified atom stereocenters. The Morgan fingerprint density at radius 3 is 2.80 bits per heavy atom. The maximum absolute atomic E-state index is 5.67. The number of rotatable bonds is 1. The van der Waals surface area contributed by atoms with Gasteiger partial charge in [-0.1, -0.05) is 13.8 Å². The summed E-state index contributed by atoms with van der Waals surface area (Å²) in [7, 11) is 0. The Balaban J connectivity index is 0.000000404. The number of nitrogen functional groups attached to an aromatic ring is 1. The van der Waals surface area contributed by atoms with Crippen LogP contribution in [-0.4, -0.2) is 15.2 Å². The van der Waals surface area contributed by atoms with E-state index in [1.165, 1.54) is 18.5 Å². The van der Waals surface area contributed by atoms with Crippen molar-refractivity contribution in [3.63, 3.8) is 0 Å². The largest absolute Gasteiger partial charge is 0.397 e. The summed E-state index contributed by atoms with van der Waals surface area (Å²) in [5, 5.41) is 8.25. The lowest BCUT2D eigenvalue weighted by Crippen LogP contribution is -1.86. The number of H-pyrrole nitrogens is 1. The molecule has 4 heteroatoms. The Morgan fingerprint density at radius 2 is 2.13 bits per heavy atom. The molecule has 1 fully saturated rings. The van der Waals surface area contributed by atoms with Crippen molar-refractivity contribution in [2.45, 2.75) is 32.6 Å². The summed E-state index contributed by atoms with van der Waals surface area (Å²) < 4.78 is 0. The molecule has 1 aliphatic rings. The van der Waals surface area contributed by atoms with E-state index in [9.17, 15) is 0 Å². The third-order valence-electron chi connectivity index (χ3n) is 2.45. The van der Waals surface area contributed by atoms with Crippen LogP contribution < -0.4 is 5.73 Å². The summed E-state index contributed by atoms with van der Waals surface area (Å²) >= 11 is 0. The first-order valence-electron chi connectivity index (χ1n) is 5.44. The minimum atomic E-state index is 0.661. The van der Waals surface area contributed by atoms with Crippen LogP contribution in [0.15, 0.2) is 12.3 Å². The van der Waals surface area contributed by atoms with E-state index < -0.39 is 0 Å². The van der Waals surface area contributed by atoms with Crippen LogP contribution in [0.2, 0.25) is 0 Å². The Hall–Kier alpha value is -1.58. The number of hydrogen-bond donors (Lipinski definition) is 2. The van der Waals surface area contributed by atoms with E-state index in [2.05, 4.69) is 15.2 Å². The van der Waals surface area contributed by atoms with E-state index in [0.29, 0.717) is 11.6 Å². The number of anilines is 1. The molecule has 1 aliphatic carbocycles. The lowest BCUT2D eigenvalue weighted by atomic mass is 10.2. The Labute approximate surface area is 88.9 Å². The van der Waals surface area contributed by atoms with Crippen LogP contribution in [0.25, 0.3) is 11.0 Å². The first-order chi connectivity index (χ1) is 7.34. The summed E-state index contributed by atoms with van der Waals surface area (Å²) in [6.45, 7) is 4.00. The first kappa shape index (κ1) is 9.96. The summed E-state index contributed by atoms with van der Waals surface area (Å²) in [5.41, 5.74) is 8.35. The van der Waals surface area contributed by atoms with E-state index in [-0.39, 0.29) is 0 Å². The molecule has 0 radical (unpaired) electrons. The van der Waals surface area contributed by atoms with Gasteiger partial charge in [0.25, 0.3) is 0 Å². The summed E-state index contributed by atoms with van der Waals surface area (Å²) in [6.07, 6.45) is 4.15. The molecule has 3 N–H and O–H groups in total. The van der Waals surface area contributed by atoms with Crippen molar-refractivity contribution in [1.29, 1.82) is 0 Å². The van der Waals surface area contributed by atoms with Crippen LogP contribution in [0.3, 0.4) is 0 Å². The van der Waals surface area contributed by atoms with E-state index in [4.69, 9.17) is 5.73 Å². The van der Waals surface area contributed by atoms with Crippen molar-refractivity contribution < 1.29 is 0 Å². The van der Waals surface area contributed by atoms with Crippen LogP contribution in [0.1, 0.15) is 38.3 Å². The molecule has 2 aromatic rings. The summed E-state index contributed by atoms with van der Waals surface area (Å²) in [4.78, 5) is 4.14. The van der Waals surface area contributed by atoms with Gasteiger partial charge in [0.2, 0.25) is 0 Å². The first-order valence-corrected chi connectivity index (χ1v) is 5.44. The zero-order chi connectivity index (χ0) is 10.8. The van der Waals surface area contributed by atoms with Gasteiger partial charge in [-0.15, -0.1) is 0 Å². The van der Waals surface area contributed by atoms with Crippen molar-refractivity contribution in [3.8, 4) is 0 Å². The second kappa shape index (κ2) is 3.88. The number of pyridine rings is 1. The average Bonchev–Trinajstić information content (AvgIpc) is 3.03. The highest BCUT2D eigenvalue weighted by Crippen LogP contribution is 2.41. The third-order valence-corrected chi connectivity index (χ3v) is 2.45. The lowest BCUT2D eigenvalue weighted by Gasteiger charge is -1.94. The van der Waals surface area contributed by atoms with Gasteiger partial charge in [-0.25, -0.2) is 4.98 Å². The van der Waals surface area contributed by atoms with Gasteiger partial charge >= 0.3 is 0 Å². The second-order valence-electron chi connectivity index (χ2n) is 3.55. The van der Waals surface area contributed by atoms with Crippen LogP contribution in [0, 0.1) is 0 Å². The molecule has 0 amide bonds. The Bertz CT molecular complexity index is 457. The van der Waals surface area contributed by atoms with E-state index in [1.807, 2.05) is 19.9 Å². The Kier molecular flexibility index (Phi) is 2.58. The zero-order valence-electron chi connectivity index (χ0n) is 9.12. The van der Waals surface area contributed by atoms with Crippen molar-refractivity contribution >= 4 is 16.7 Å². The third kappa shape index (κ3) is 1.79. The molecule has 0 aromatic carbocycles. The quantitative estimate of drug-likeness (QED) is 0.749. The van der Waals surface area contributed by atoms with Gasteiger partial charge in [0.1, 0.15) is 0 Å². The molecule has 15 heavy (non-hydrogen) atoms. The molecule has 0 atom stereocenters. The number of nitrogens with two attached hydrogens (primary N) is 1. The minimum absolute atomic E-state index is 0.661. The van der Waals surface area contributed by atoms with Crippen molar-refractivity contribution in [2.75, 3.05) is 5.73 Å². The van der Waals surface area contributed by atoms with Gasteiger partial charge in [-0.2, -0.15) is 5.10 Å². The van der Waals surface area contributed by atoms with Crippen molar-refractivity contribution in [3.05, 3.63) is 18.0 Å². The molecule has 1 saturated carbocycles. The molecule has 0 saturated heterocycles. The van der Waals surface area contributed by atoms with Gasteiger partial charge in [-0.05, 0) is 18.9 Å². The molecular formula is C11H16N4. The molecule has 80 valence electrons. The molecule has 0 aliphatic heterocycles. The predicted molar refractivity (Wildman–Crippen MR) is 61.6 cm³/mol. The Morgan fingerprint density at radius 1 is 1.40 bits per heavy atom. The average molecular weight is 204 g/mol. The molecular weight excluding hydrogens is 188 g/mol. The highest BCUT2D eigenvalue weighted by molar-refractivity contribution is 5.81. The van der Waals surface area contributed by atoms with Crippen molar-refractivity contribution in [2.24, 2.45) is 0 Å². The van der Waals surface area contributed by atoms with Gasteiger partial charge in [0.15, 0.2) is 5.65 Å². The standard InChI is InChI=1S/C9H10N4.C2H6/c10-6-3-7-8(5-1-2-5)12-13-9(7)11-4-6;1-2/h3-5H,1-2,10H2,(H,11,12,13);1-2H3. The number of aromatic amines is 1. The van der Waals surface area contributed by atoms with E-state index in [0.717, 1.165) is 11.0 Å². The normalized spacial score (nSPS) is 14.8. The number of nitrogens with one attached hydrogen (secondary N) is 1. The number of aromatic nitrogens is 3. The van der Waals surface area contributed by atoms with Crippen LogP contribution in [-0.2, 0) is 0 Å². The van der Waals surface area contributed by atoms with Crippen LogP contribution in [0.5, 0.6) is 0 Å². The smallest absolute Gasteiger partial charge is 0.181 e. The molecule has 2 heterocycles. The fourth-order valence-electron chi connectivity index (χ4n) is 1.62. The monoisotopic (exact) mass is 204 g/mol. The molecule has 0 spiro atoms. The number of nitrogens with zero attached hydrogens (tertiary/aromatic N) is 2. The summed E-state index contributed by atoms with van der Waals surface area (Å²) in [6, 6.07) is 1.94. The predicted octanol–water partition coefficient (Wildman–Crippen LogP) is 2.44. The molecule has 2 aromatic heterocycles. The molecule has 4 nitrogen and oxygen atoms in total. The van der Waals surface area contributed by atoms with Gasteiger partial charge in [0, 0.05) is 17.0 Å². The van der Waals surface area contributed by atoms with Gasteiger partial charge in [-0.3, -0.25) is 5.10 Å². The fourth-order valence-corrected chi connectivity index (χ4v) is 1.62. The topological polar surface area (TPSA) is 67.6 Å². The second-order valence-corrected chi connectivity index (χ2v) is 3.55. The van der Waals surface area contributed by atoms with Crippen molar-refractivity contribution in [1.82, 2.24) is 15.2 Å². The van der Waals surface area contributed by atoms with E-state index in [1.54, 1.807) is 6.20 Å².